The molecule has 6 nitrogen and oxygen atoms in total. The van der Waals surface area contributed by atoms with Gasteiger partial charge in [-0.1, -0.05) is 130 Å². The van der Waals surface area contributed by atoms with Gasteiger partial charge in [-0.25, -0.2) is 4.79 Å². The van der Waals surface area contributed by atoms with Gasteiger partial charge in [0, 0.05) is 61.5 Å². The number of nitrogens with zero attached hydrogens (tertiary/aromatic N) is 2. The van der Waals surface area contributed by atoms with Crippen LogP contribution in [-0.4, -0.2) is 24.3 Å². The van der Waals surface area contributed by atoms with Crippen LogP contribution in [0.4, 0.5) is 17.1 Å². The van der Waals surface area contributed by atoms with Crippen molar-refractivity contribution < 1.29 is 19.4 Å². The monoisotopic (exact) mass is 1050 g/mol. The Balaban J connectivity index is 1.08. The molecule has 0 atom stereocenters. The molecule has 8 rings (SSSR count). The van der Waals surface area contributed by atoms with Crippen molar-refractivity contribution in [1.82, 2.24) is 0 Å². The minimum atomic E-state index is -1.20. The van der Waals surface area contributed by atoms with Crippen LogP contribution in [0.5, 0.6) is 11.5 Å². The molecule has 3 aromatic carbocycles. The highest BCUT2D eigenvalue weighted by molar-refractivity contribution is 7.29. The molecule has 10 heteroatoms. The summed E-state index contributed by atoms with van der Waals surface area (Å²) in [6.07, 6.45) is 23.0. The normalized spacial score (nSPS) is 12.7. The maximum Gasteiger partial charge on any atom is 0.346 e. The van der Waals surface area contributed by atoms with Crippen LogP contribution in [0.25, 0.3) is 45.8 Å². The number of ether oxygens (including phenoxy) is 2. The van der Waals surface area contributed by atoms with E-state index in [2.05, 4.69) is 136 Å². The predicted molar refractivity (Wildman–Crippen MR) is 313 cm³/mol. The summed E-state index contributed by atoms with van der Waals surface area (Å²) in [6, 6.07) is 41.5. The van der Waals surface area contributed by atoms with E-state index in [1.165, 1.54) is 142 Å². The zero-order valence-corrected chi connectivity index (χ0v) is 46.6. The van der Waals surface area contributed by atoms with E-state index in [1.54, 1.807) is 11.3 Å². The van der Waals surface area contributed by atoms with Crippen LogP contribution >= 0.6 is 45.3 Å². The first-order chi connectivity index (χ1) is 35.8. The van der Waals surface area contributed by atoms with Gasteiger partial charge in [0.15, 0.2) is 0 Å². The molecular formula is C63H72N2O4S4. The molecule has 0 radical (unpaired) electrons. The fourth-order valence-corrected chi connectivity index (χ4v) is 14.9. The van der Waals surface area contributed by atoms with Crippen LogP contribution in [-0.2, 0) is 10.2 Å². The summed E-state index contributed by atoms with van der Waals surface area (Å²) in [5, 5.41) is 19.0. The zero-order chi connectivity index (χ0) is 51.0. The Labute approximate surface area is 451 Å². The maximum atomic E-state index is 11.7. The number of benzene rings is 3. The van der Waals surface area contributed by atoms with Gasteiger partial charge in [0.05, 0.1) is 13.2 Å². The molecule has 4 aromatic heterocycles. The van der Waals surface area contributed by atoms with Crippen molar-refractivity contribution in [2.45, 2.75) is 149 Å². The Morgan fingerprint density at radius 1 is 0.534 bits per heavy atom. The van der Waals surface area contributed by atoms with Crippen molar-refractivity contribution in [1.29, 1.82) is 5.26 Å². The lowest BCUT2D eigenvalue weighted by Crippen LogP contribution is -2.25. The molecule has 0 saturated heterocycles. The van der Waals surface area contributed by atoms with E-state index in [0.29, 0.717) is 0 Å². The van der Waals surface area contributed by atoms with E-state index in [9.17, 15) is 15.2 Å². The van der Waals surface area contributed by atoms with Gasteiger partial charge in [0.1, 0.15) is 23.1 Å². The number of aliphatic carboxylic acids is 1. The van der Waals surface area contributed by atoms with Crippen molar-refractivity contribution in [3.63, 3.8) is 0 Å². The molecular weight excluding hydrogens is 977 g/mol. The number of rotatable bonds is 30. The Hall–Kier alpha value is -5.44. The standard InChI is InChI=1S/C63H72N2O4S4/c1-5-9-13-17-37-63(38-18-14-10-6-2)53-42-58(56-34-33-52(70-56)41-46(44-64)62(66)67)72-60(53)61-54(63)43-59(73-61)57-36-35-55(71-57)45-21-23-47(24-22-45)65(48-25-29-50(30-26-48)68-39-19-15-11-7-3)49-27-31-51(32-28-49)69-40-20-16-12-8-4/h21-36,41-43H,5-20,37-40H2,1-4H3,(H,66,67)/b46-41-. The average molecular weight is 1050 g/mol. The number of carboxylic acids is 1. The fourth-order valence-electron chi connectivity index (χ4n) is 10.1. The van der Waals surface area contributed by atoms with Crippen LogP contribution in [0.2, 0.25) is 0 Å². The number of unbranched alkanes of at least 4 members (excludes halogenated alkanes) is 12. The molecule has 1 aliphatic carbocycles. The van der Waals surface area contributed by atoms with E-state index < -0.39 is 5.97 Å². The van der Waals surface area contributed by atoms with E-state index in [-0.39, 0.29) is 11.0 Å². The van der Waals surface area contributed by atoms with Gasteiger partial charge in [-0.15, -0.1) is 45.3 Å². The van der Waals surface area contributed by atoms with Gasteiger partial charge in [-0.2, -0.15) is 5.26 Å². The van der Waals surface area contributed by atoms with Crippen molar-refractivity contribution in [3.05, 3.63) is 131 Å². The highest BCUT2D eigenvalue weighted by Gasteiger charge is 2.45. The smallest absolute Gasteiger partial charge is 0.346 e. The molecule has 0 saturated carbocycles. The predicted octanol–water partition coefficient (Wildman–Crippen LogP) is 20.5. The lowest BCUT2D eigenvalue weighted by atomic mass is 9.71. The summed E-state index contributed by atoms with van der Waals surface area (Å²) in [7, 11) is 0. The summed E-state index contributed by atoms with van der Waals surface area (Å²) in [5.41, 5.74) is 7.12. The molecule has 0 aliphatic heterocycles. The largest absolute Gasteiger partial charge is 0.494 e. The quantitative estimate of drug-likeness (QED) is 0.0274. The van der Waals surface area contributed by atoms with Gasteiger partial charge in [0.2, 0.25) is 0 Å². The summed E-state index contributed by atoms with van der Waals surface area (Å²) >= 11 is 7.26. The first kappa shape index (κ1) is 53.8. The molecule has 0 fully saturated rings. The third-order valence-corrected chi connectivity index (χ3v) is 19.1. The van der Waals surface area contributed by atoms with Gasteiger partial charge in [0.25, 0.3) is 0 Å². The second kappa shape index (κ2) is 26.7. The van der Waals surface area contributed by atoms with Crippen LogP contribution in [0.1, 0.15) is 159 Å². The molecule has 0 unspecified atom stereocenters. The van der Waals surface area contributed by atoms with Crippen LogP contribution in [0.3, 0.4) is 0 Å². The SMILES string of the molecule is CCCCCCOc1ccc(N(c2ccc(OCCCCCC)cc2)c2ccc(-c3ccc(-c4cc5c(s4)-c4sc(-c6ccc(/C=C(/C#N)C(=O)O)s6)cc4C5(CCCCCC)CCCCCC)s3)cc2)cc1. The second-order valence-electron chi connectivity index (χ2n) is 19.4. The number of hydrogen-bond donors (Lipinski definition) is 1. The summed E-state index contributed by atoms with van der Waals surface area (Å²) in [4.78, 5) is 23.8. The number of carbonyl (C=O) groups is 1. The molecule has 73 heavy (non-hydrogen) atoms. The minimum Gasteiger partial charge on any atom is -0.494 e. The molecule has 382 valence electrons. The number of hydrogen-bond acceptors (Lipinski definition) is 9. The van der Waals surface area contributed by atoms with Crippen molar-refractivity contribution in [2.75, 3.05) is 18.1 Å². The summed E-state index contributed by atoms with van der Waals surface area (Å²) in [5.74, 6) is 0.597. The van der Waals surface area contributed by atoms with Crippen LogP contribution in [0, 0.1) is 11.3 Å². The Kier molecular flexibility index (Phi) is 19.7. The minimum absolute atomic E-state index is 0.0437. The Morgan fingerprint density at radius 2 is 0.973 bits per heavy atom. The van der Waals surface area contributed by atoms with Gasteiger partial charge in [-0.3, -0.25) is 0 Å². The number of thiophene rings is 4. The molecule has 0 spiro atoms. The lowest BCUT2D eigenvalue weighted by Gasteiger charge is -2.31. The Bertz CT molecular complexity index is 2840. The topological polar surface area (TPSA) is 82.8 Å². The zero-order valence-electron chi connectivity index (χ0n) is 43.3. The van der Waals surface area contributed by atoms with Gasteiger partial charge < -0.3 is 19.5 Å². The lowest BCUT2D eigenvalue weighted by molar-refractivity contribution is -0.132. The van der Waals surface area contributed by atoms with Crippen molar-refractivity contribution in [3.8, 4) is 57.3 Å². The van der Waals surface area contributed by atoms with Gasteiger partial charge in [-0.05, 0) is 146 Å². The highest BCUT2D eigenvalue weighted by atomic mass is 32.1. The number of nitriles is 1. The highest BCUT2D eigenvalue weighted by Crippen LogP contribution is 2.62. The van der Waals surface area contributed by atoms with Crippen molar-refractivity contribution >= 4 is 74.5 Å². The van der Waals surface area contributed by atoms with Crippen LogP contribution in [0.15, 0.2) is 115 Å². The first-order valence-electron chi connectivity index (χ1n) is 27.0. The molecule has 1 N–H and O–H groups in total. The Morgan fingerprint density at radius 3 is 1.44 bits per heavy atom. The fraction of sp³-hybridized carbons (Fsp3) is 0.397. The summed E-state index contributed by atoms with van der Waals surface area (Å²) in [6.45, 7) is 10.5. The van der Waals surface area contributed by atoms with E-state index in [0.717, 1.165) is 77.2 Å². The number of fused-ring (bicyclic) bond motifs is 3. The van der Waals surface area contributed by atoms with Crippen LogP contribution < -0.4 is 14.4 Å². The number of anilines is 3. The third-order valence-electron chi connectivity index (χ3n) is 14.1. The van der Waals surface area contributed by atoms with Crippen molar-refractivity contribution in [2.24, 2.45) is 0 Å². The maximum absolute atomic E-state index is 11.7. The number of carboxylic acid groups (broad SMARTS) is 1. The first-order valence-corrected chi connectivity index (χ1v) is 30.3. The van der Waals surface area contributed by atoms with E-state index >= 15 is 0 Å². The van der Waals surface area contributed by atoms with E-state index in [4.69, 9.17) is 9.47 Å². The second-order valence-corrected chi connectivity index (χ2v) is 23.7. The average Bonchev–Trinajstić information content (AvgIpc) is 4.28. The third kappa shape index (κ3) is 13.3. The molecule has 4 heterocycles. The summed E-state index contributed by atoms with van der Waals surface area (Å²) < 4.78 is 12.3. The molecule has 0 bridgehead atoms. The molecule has 0 amide bonds. The van der Waals surface area contributed by atoms with Gasteiger partial charge >= 0.3 is 5.97 Å². The molecule has 1 aliphatic rings. The van der Waals surface area contributed by atoms with E-state index in [1.807, 2.05) is 46.1 Å². The molecule has 7 aromatic rings.